The molecule has 8 heteroatoms. The maximum atomic E-state index is 12.5. The number of pyridine rings is 1. The predicted octanol–water partition coefficient (Wildman–Crippen LogP) is 2.48. The largest absolute Gasteiger partial charge is 0.353 e. The van der Waals surface area contributed by atoms with Crippen molar-refractivity contribution in [1.29, 1.82) is 0 Å². The number of aromatic nitrogens is 3. The Kier molecular flexibility index (Phi) is 4.01. The van der Waals surface area contributed by atoms with Crippen LogP contribution in [0.15, 0.2) is 39.0 Å². The summed E-state index contributed by atoms with van der Waals surface area (Å²) in [5.41, 5.74) is 0.817. The van der Waals surface area contributed by atoms with E-state index in [2.05, 4.69) is 35.7 Å². The van der Waals surface area contributed by atoms with Gasteiger partial charge in [-0.2, -0.15) is 0 Å². The van der Waals surface area contributed by atoms with Crippen molar-refractivity contribution in [3.05, 3.63) is 44.6 Å². The van der Waals surface area contributed by atoms with Crippen LogP contribution in [0.25, 0.3) is 10.2 Å². The third-order valence-electron chi connectivity index (χ3n) is 4.26. The second kappa shape index (κ2) is 6.18. The fraction of sp³-hybridized carbons (Fsp3) is 0.312. The lowest BCUT2D eigenvalue weighted by atomic mass is 10.3. The number of nitrogens with zero attached hydrogens (tertiary/aromatic N) is 5. The molecular weight excluding hydrogens is 390 g/mol. The van der Waals surface area contributed by atoms with Gasteiger partial charge in [-0.15, -0.1) is 11.3 Å². The Hall–Kier alpha value is -1.93. The van der Waals surface area contributed by atoms with Crippen molar-refractivity contribution in [2.45, 2.75) is 0 Å². The minimum absolute atomic E-state index is 0.0296. The van der Waals surface area contributed by atoms with Gasteiger partial charge in [-0.3, -0.25) is 9.36 Å². The minimum Gasteiger partial charge on any atom is -0.353 e. The highest BCUT2D eigenvalue weighted by Gasteiger charge is 2.22. The van der Waals surface area contributed by atoms with E-state index < -0.39 is 0 Å². The zero-order valence-electron chi connectivity index (χ0n) is 13.1. The lowest BCUT2D eigenvalue weighted by Crippen LogP contribution is -2.48. The molecule has 0 aliphatic carbocycles. The second-order valence-electron chi connectivity index (χ2n) is 5.72. The summed E-state index contributed by atoms with van der Waals surface area (Å²) in [4.78, 5) is 26.0. The second-order valence-corrected chi connectivity index (χ2v) is 7.55. The van der Waals surface area contributed by atoms with Gasteiger partial charge in [0.2, 0.25) is 5.95 Å². The summed E-state index contributed by atoms with van der Waals surface area (Å²) in [5.74, 6) is 1.72. The van der Waals surface area contributed by atoms with E-state index >= 15 is 0 Å². The minimum atomic E-state index is 0.0296. The van der Waals surface area contributed by atoms with E-state index in [-0.39, 0.29) is 5.56 Å². The van der Waals surface area contributed by atoms with Crippen molar-refractivity contribution in [1.82, 2.24) is 14.5 Å². The molecule has 0 saturated carbocycles. The molecule has 1 fully saturated rings. The Balaban J connectivity index is 1.56. The predicted molar refractivity (Wildman–Crippen MR) is 101 cm³/mol. The molecule has 0 N–H and O–H groups in total. The van der Waals surface area contributed by atoms with Crippen LogP contribution in [-0.4, -0.2) is 40.7 Å². The molecule has 24 heavy (non-hydrogen) atoms. The summed E-state index contributed by atoms with van der Waals surface area (Å²) in [6.45, 7) is 3.33. The lowest BCUT2D eigenvalue weighted by Gasteiger charge is -2.36. The van der Waals surface area contributed by atoms with Crippen LogP contribution in [0.5, 0.6) is 0 Å². The maximum absolute atomic E-state index is 12.5. The first-order chi connectivity index (χ1) is 11.6. The number of piperazine rings is 1. The molecule has 0 bridgehead atoms. The van der Waals surface area contributed by atoms with Crippen molar-refractivity contribution in [2.24, 2.45) is 7.05 Å². The van der Waals surface area contributed by atoms with E-state index in [0.29, 0.717) is 0 Å². The number of thiophene rings is 1. The first-order valence-electron chi connectivity index (χ1n) is 7.69. The monoisotopic (exact) mass is 405 g/mol. The van der Waals surface area contributed by atoms with E-state index in [1.54, 1.807) is 11.6 Å². The first-order valence-corrected chi connectivity index (χ1v) is 9.36. The van der Waals surface area contributed by atoms with Gasteiger partial charge in [0.15, 0.2) is 0 Å². The molecule has 0 spiro atoms. The number of rotatable bonds is 2. The van der Waals surface area contributed by atoms with Crippen molar-refractivity contribution in [3.63, 3.8) is 0 Å². The highest BCUT2D eigenvalue weighted by molar-refractivity contribution is 9.10. The Labute approximate surface area is 151 Å². The molecular formula is C16H16BrN5OS. The van der Waals surface area contributed by atoms with Crippen LogP contribution < -0.4 is 15.4 Å². The number of fused-ring (bicyclic) bond motifs is 1. The Morgan fingerprint density at radius 2 is 1.88 bits per heavy atom. The molecule has 1 aliphatic rings. The van der Waals surface area contributed by atoms with Gasteiger partial charge in [0, 0.05) is 43.9 Å². The third-order valence-corrected chi connectivity index (χ3v) is 5.62. The molecule has 1 saturated heterocycles. The summed E-state index contributed by atoms with van der Waals surface area (Å²) in [6, 6.07) is 5.93. The highest BCUT2D eigenvalue weighted by atomic mass is 79.9. The van der Waals surface area contributed by atoms with Crippen LogP contribution in [0.4, 0.5) is 11.8 Å². The van der Waals surface area contributed by atoms with Crippen molar-refractivity contribution in [2.75, 3.05) is 36.0 Å². The molecule has 0 atom stereocenters. The van der Waals surface area contributed by atoms with Gasteiger partial charge in [-0.1, -0.05) is 0 Å². The normalized spacial score (nSPS) is 15.2. The third kappa shape index (κ3) is 2.69. The molecule has 0 radical (unpaired) electrons. The number of halogens is 1. The number of hydrogen-bond acceptors (Lipinski definition) is 6. The molecule has 4 heterocycles. The van der Waals surface area contributed by atoms with E-state index in [1.165, 1.54) is 11.3 Å². The molecule has 124 valence electrons. The Morgan fingerprint density at radius 3 is 2.58 bits per heavy atom. The average molecular weight is 406 g/mol. The Bertz CT molecular complexity index is 928. The standard InChI is InChI=1S/C16H16BrN5OS/c1-20-15(23)14-12(4-9-24-14)19-16(20)22-7-5-21(6-8-22)13-3-2-11(17)10-18-13/h2-4,9-10H,5-8H2,1H3. The molecule has 0 amide bonds. The zero-order chi connectivity index (χ0) is 16.7. The van der Waals surface area contributed by atoms with Gasteiger partial charge in [0.05, 0.1) is 5.52 Å². The van der Waals surface area contributed by atoms with Crippen LogP contribution in [-0.2, 0) is 7.05 Å². The smallest absolute Gasteiger partial charge is 0.272 e. The summed E-state index contributed by atoms with van der Waals surface area (Å²) in [6.07, 6.45) is 1.82. The van der Waals surface area contributed by atoms with Gasteiger partial charge >= 0.3 is 0 Å². The van der Waals surface area contributed by atoms with Crippen molar-refractivity contribution < 1.29 is 0 Å². The van der Waals surface area contributed by atoms with E-state index in [4.69, 9.17) is 0 Å². The van der Waals surface area contributed by atoms with Crippen molar-refractivity contribution >= 4 is 49.2 Å². The number of hydrogen-bond donors (Lipinski definition) is 0. The van der Waals surface area contributed by atoms with Gasteiger partial charge in [0.1, 0.15) is 10.5 Å². The summed E-state index contributed by atoms with van der Waals surface area (Å²) < 4.78 is 3.36. The van der Waals surface area contributed by atoms with Gasteiger partial charge in [0.25, 0.3) is 5.56 Å². The average Bonchev–Trinajstić information content (AvgIpc) is 3.08. The molecule has 3 aromatic heterocycles. The fourth-order valence-electron chi connectivity index (χ4n) is 2.95. The summed E-state index contributed by atoms with van der Waals surface area (Å²) >= 11 is 4.86. The van der Waals surface area contributed by atoms with E-state index in [1.807, 2.05) is 29.8 Å². The van der Waals surface area contributed by atoms with E-state index in [9.17, 15) is 4.79 Å². The topological polar surface area (TPSA) is 54.3 Å². The molecule has 6 nitrogen and oxygen atoms in total. The maximum Gasteiger partial charge on any atom is 0.272 e. The first kappa shape index (κ1) is 15.6. The van der Waals surface area contributed by atoms with Crippen LogP contribution in [0, 0.1) is 0 Å². The van der Waals surface area contributed by atoms with Crippen LogP contribution in [0.2, 0.25) is 0 Å². The van der Waals surface area contributed by atoms with Crippen LogP contribution in [0.1, 0.15) is 0 Å². The molecule has 0 aromatic carbocycles. The van der Waals surface area contributed by atoms with Crippen LogP contribution in [0.3, 0.4) is 0 Å². The highest BCUT2D eigenvalue weighted by Crippen LogP contribution is 2.21. The van der Waals surface area contributed by atoms with Gasteiger partial charge < -0.3 is 9.80 Å². The van der Waals surface area contributed by atoms with Gasteiger partial charge in [-0.25, -0.2) is 9.97 Å². The van der Waals surface area contributed by atoms with E-state index in [0.717, 1.165) is 52.6 Å². The molecule has 3 aromatic rings. The molecule has 1 aliphatic heterocycles. The SMILES string of the molecule is Cn1c(N2CCN(c3ccc(Br)cn3)CC2)nc2ccsc2c1=O. The van der Waals surface area contributed by atoms with Gasteiger partial charge in [-0.05, 0) is 39.5 Å². The van der Waals surface area contributed by atoms with Crippen molar-refractivity contribution in [3.8, 4) is 0 Å². The quantitative estimate of drug-likeness (QED) is 0.655. The Morgan fingerprint density at radius 1 is 1.12 bits per heavy atom. The summed E-state index contributed by atoms with van der Waals surface area (Å²) in [5, 5.41) is 1.92. The number of anilines is 2. The molecule has 0 unspecified atom stereocenters. The lowest BCUT2D eigenvalue weighted by molar-refractivity contribution is 0.619. The molecule has 4 rings (SSSR count). The van der Waals surface area contributed by atoms with Crippen LogP contribution >= 0.6 is 27.3 Å². The fourth-order valence-corrected chi connectivity index (χ4v) is 3.99. The zero-order valence-corrected chi connectivity index (χ0v) is 15.5. The summed E-state index contributed by atoms with van der Waals surface area (Å²) in [7, 11) is 1.80.